The van der Waals surface area contributed by atoms with E-state index in [1.165, 1.54) is 4.90 Å². The molecule has 3 aliphatic heterocycles. The number of carbonyl (C=O) groups is 2. The number of nitrogens with zero attached hydrogens (tertiary/aromatic N) is 5. The van der Waals surface area contributed by atoms with Crippen molar-refractivity contribution in [2.75, 3.05) is 72.1 Å². The number of fused-ring (bicyclic) bond motifs is 2. The van der Waals surface area contributed by atoms with Gasteiger partial charge in [0.2, 0.25) is 5.91 Å². The summed E-state index contributed by atoms with van der Waals surface area (Å²) in [7, 11) is 0. The third kappa shape index (κ3) is 6.64. The number of aliphatic hydroxyl groups is 1. The number of aliphatic hydroxyl groups excluding tert-OH is 1. The topological polar surface area (TPSA) is 130 Å². The quantitative estimate of drug-likeness (QED) is 0.516. The molecule has 11 nitrogen and oxygen atoms in total. The van der Waals surface area contributed by atoms with Gasteiger partial charge in [0, 0.05) is 59.3 Å². The van der Waals surface area contributed by atoms with E-state index in [9.17, 15) is 19.8 Å². The van der Waals surface area contributed by atoms with E-state index in [2.05, 4.69) is 15.9 Å². The summed E-state index contributed by atoms with van der Waals surface area (Å²) >= 11 is 0. The van der Waals surface area contributed by atoms with Crippen molar-refractivity contribution in [3.05, 3.63) is 29.8 Å². The largest absolute Gasteiger partial charge is 0.491 e. The zero-order valence-corrected chi connectivity index (χ0v) is 20.7. The molecule has 0 radical (unpaired) electrons. The van der Waals surface area contributed by atoms with Crippen molar-refractivity contribution in [3.8, 4) is 11.8 Å². The van der Waals surface area contributed by atoms with Crippen LogP contribution in [0.1, 0.15) is 18.9 Å². The minimum atomic E-state index is -0.938. The van der Waals surface area contributed by atoms with Crippen molar-refractivity contribution in [3.63, 3.8) is 0 Å². The number of hydrogen-bond donors (Lipinski definition) is 2. The van der Waals surface area contributed by atoms with Gasteiger partial charge in [0.15, 0.2) is 0 Å². The number of carbonyl (C=O) groups excluding carboxylic acids is 1. The number of rotatable bonds is 8. The Morgan fingerprint density at radius 3 is 2.50 bits per heavy atom. The van der Waals surface area contributed by atoms with Gasteiger partial charge < -0.3 is 29.5 Å². The van der Waals surface area contributed by atoms with Crippen LogP contribution in [-0.4, -0.2) is 132 Å². The number of piperazine rings is 1. The Bertz CT molecular complexity index is 961. The Kier molecular flexibility index (Phi) is 8.31. The summed E-state index contributed by atoms with van der Waals surface area (Å²) in [5.74, 6) is 0.679. The number of hydrogen-bond acceptors (Lipinski definition) is 8. The molecule has 2 amide bonds. The van der Waals surface area contributed by atoms with Gasteiger partial charge in [0.1, 0.15) is 24.1 Å². The lowest BCUT2D eigenvalue weighted by molar-refractivity contribution is -0.203. The van der Waals surface area contributed by atoms with Gasteiger partial charge in [-0.1, -0.05) is 0 Å². The lowest BCUT2D eigenvalue weighted by Crippen LogP contribution is -2.68. The minimum Gasteiger partial charge on any atom is -0.491 e. The molecule has 1 aromatic rings. The fraction of sp³-hybridized carbons (Fsp3) is 0.640. The average Bonchev–Trinajstić information content (AvgIpc) is 2.86. The smallest absolute Gasteiger partial charge is 0.407 e. The maximum Gasteiger partial charge on any atom is 0.407 e. The number of β-amino-alcohol motifs (C(OH)–C–C–N with tert-alkyl or cyclic N) is 1. The number of nitriles is 1. The molecule has 0 saturated carbocycles. The van der Waals surface area contributed by atoms with Crippen LogP contribution in [0.15, 0.2) is 24.3 Å². The van der Waals surface area contributed by atoms with Crippen LogP contribution in [0.4, 0.5) is 4.79 Å². The van der Waals surface area contributed by atoms with Crippen molar-refractivity contribution >= 4 is 12.0 Å². The molecule has 0 spiro atoms. The van der Waals surface area contributed by atoms with Gasteiger partial charge in [-0.05, 0) is 30.7 Å². The molecule has 0 aromatic heterocycles. The van der Waals surface area contributed by atoms with Crippen molar-refractivity contribution in [1.82, 2.24) is 19.6 Å². The molecule has 196 valence electrons. The molecule has 3 unspecified atom stereocenters. The van der Waals surface area contributed by atoms with Crippen LogP contribution < -0.4 is 4.74 Å². The van der Waals surface area contributed by atoms with E-state index in [0.29, 0.717) is 63.5 Å². The Balaban J connectivity index is 1.33. The van der Waals surface area contributed by atoms with Gasteiger partial charge in [-0.25, -0.2) is 4.79 Å². The highest BCUT2D eigenvalue weighted by molar-refractivity contribution is 5.73. The van der Waals surface area contributed by atoms with Crippen molar-refractivity contribution < 1.29 is 29.3 Å². The molecule has 0 aliphatic carbocycles. The molecule has 3 heterocycles. The maximum atomic E-state index is 11.8. The first-order valence-corrected chi connectivity index (χ1v) is 12.4. The standard InChI is InChI=1S/C25H35N5O6/c1-19(31)29-10-8-27(9-11-29)7-6-25-17-28(14-23(36-25)15-30(18-25)24(33)34)13-21(32)16-35-22-4-2-20(12-26)3-5-22/h2-5,21,23,32H,6-11,13-18H2,1H3,(H,33,34). The predicted molar refractivity (Wildman–Crippen MR) is 130 cm³/mol. The first-order chi connectivity index (χ1) is 17.2. The molecular formula is C25H35N5O6. The minimum absolute atomic E-state index is 0.0911. The van der Waals surface area contributed by atoms with Crippen LogP contribution in [0.25, 0.3) is 0 Å². The van der Waals surface area contributed by atoms with Crippen LogP contribution >= 0.6 is 0 Å². The van der Waals surface area contributed by atoms with E-state index in [1.807, 2.05) is 4.90 Å². The highest BCUT2D eigenvalue weighted by Gasteiger charge is 2.47. The fourth-order valence-corrected chi connectivity index (χ4v) is 5.35. The van der Waals surface area contributed by atoms with Gasteiger partial charge in [0.25, 0.3) is 0 Å². The summed E-state index contributed by atoms with van der Waals surface area (Å²) in [6.07, 6.45) is -1.26. The van der Waals surface area contributed by atoms with Crippen LogP contribution in [0.3, 0.4) is 0 Å². The number of benzene rings is 1. The number of ether oxygens (including phenoxy) is 2. The van der Waals surface area contributed by atoms with Gasteiger partial charge >= 0.3 is 6.09 Å². The molecule has 3 atom stereocenters. The zero-order chi connectivity index (χ0) is 25.7. The molecule has 4 rings (SSSR count). The normalized spacial score (nSPS) is 25.8. The van der Waals surface area contributed by atoms with Gasteiger partial charge in [-0.2, -0.15) is 5.26 Å². The van der Waals surface area contributed by atoms with Crippen molar-refractivity contribution in [2.24, 2.45) is 0 Å². The zero-order valence-electron chi connectivity index (χ0n) is 20.7. The van der Waals surface area contributed by atoms with E-state index in [4.69, 9.17) is 14.7 Å². The number of amides is 2. The van der Waals surface area contributed by atoms with E-state index in [1.54, 1.807) is 31.2 Å². The van der Waals surface area contributed by atoms with Gasteiger partial charge in [-0.15, -0.1) is 0 Å². The molecule has 11 heteroatoms. The third-order valence-electron chi connectivity index (χ3n) is 7.16. The molecule has 36 heavy (non-hydrogen) atoms. The van der Waals surface area contributed by atoms with Crippen LogP contribution in [0, 0.1) is 11.3 Å². The van der Waals surface area contributed by atoms with Crippen molar-refractivity contribution in [1.29, 1.82) is 5.26 Å². The van der Waals surface area contributed by atoms with Crippen molar-refractivity contribution in [2.45, 2.75) is 31.2 Å². The summed E-state index contributed by atoms with van der Waals surface area (Å²) in [6.45, 7) is 7.48. The Morgan fingerprint density at radius 1 is 1.14 bits per heavy atom. The highest BCUT2D eigenvalue weighted by atomic mass is 16.5. The highest BCUT2D eigenvalue weighted by Crippen LogP contribution is 2.32. The SMILES string of the molecule is CC(=O)N1CCN(CCC23CN(CC(O)COc4ccc(C#N)cc4)CC(CN(C(=O)O)C2)O3)CC1. The summed E-state index contributed by atoms with van der Waals surface area (Å²) in [6, 6.07) is 8.81. The van der Waals surface area contributed by atoms with Crippen LogP contribution in [0.2, 0.25) is 0 Å². The Hall–Kier alpha value is -2.91. The fourth-order valence-electron chi connectivity index (χ4n) is 5.35. The Morgan fingerprint density at radius 2 is 1.86 bits per heavy atom. The summed E-state index contributed by atoms with van der Waals surface area (Å²) in [5, 5.41) is 29.2. The second kappa shape index (κ2) is 11.4. The van der Waals surface area contributed by atoms with E-state index in [-0.39, 0.29) is 18.6 Å². The summed E-state index contributed by atoms with van der Waals surface area (Å²) < 4.78 is 12.1. The van der Waals surface area contributed by atoms with Gasteiger partial charge in [-0.3, -0.25) is 14.6 Å². The molecule has 1 aromatic carbocycles. The summed E-state index contributed by atoms with van der Waals surface area (Å²) in [4.78, 5) is 31.1. The maximum absolute atomic E-state index is 11.8. The lowest BCUT2D eigenvalue weighted by Gasteiger charge is -2.53. The number of carboxylic acid groups (broad SMARTS) is 1. The van der Waals surface area contributed by atoms with E-state index >= 15 is 0 Å². The van der Waals surface area contributed by atoms with Crippen LogP contribution in [0.5, 0.6) is 5.75 Å². The molecular weight excluding hydrogens is 466 g/mol. The average molecular weight is 502 g/mol. The second-order valence-corrected chi connectivity index (χ2v) is 9.98. The molecule has 3 fully saturated rings. The molecule has 2 bridgehead atoms. The van der Waals surface area contributed by atoms with E-state index in [0.717, 1.165) is 19.6 Å². The third-order valence-corrected chi connectivity index (χ3v) is 7.16. The number of morpholine rings is 2. The lowest BCUT2D eigenvalue weighted by atomic mass is 9.91. The monoisotopic (exact) mass is 501 g/mol. The van der Waals surface area contributed by atoms with Gasteiger partial charge in [0.05, 0.1) is 30.8 Å². The second-order valence-electron chi connectivity index (χ2n) is 9.98. The molecule has 3 saturated heterocycles. The molecule has 2 N–H and O–H groups in total. The molecule has 3 aliphatic rings. The van der Waals surface area contributed by atoms with Crippen LogP contribution in [-0.2, 0) is 9.53 Å². The first-order valence-electron chi connectivity index (χ1n) is 12.4. The first kappa shape index (κ1) is 26.2. The predicted octanol–water partition coefficient (Wildman–Crippen LogP) is 0.285. The van der Waals surface area contributed by atoms with E-state index < -0.39 is 17.8 Å². The summed E-state index contributed by atoms with van der Waals surface area (Å²) in [5.41, 5.74) is -0.102. The Labute approximate surface area is 211 Å².